The van der Waals surface area contributed by atoms with Crippen LogP contribution in [-0.4, -0.2) is 24.0 Å². The van der Waals surface area contributed by atoms with Crippen molar-refractivity contribution in [1.82, 2.24) is 9.78 Å². The van der Waals surface area contributed by atoms with Gasteiger partial charge in [0, 0.05) is 12.1 Å². The molecule has 2 N–H and O–H groups in total. The molecule has 0 fully saturated rings. The Balaban J connectivity index is 2.02. The lowest BCUT2D eigenvalue weighted by molar-refractivity contribution is 0.355. The largest absolute Gasteiger partial charge is 0.493 e. The van der Waals surface area contributed by atoms with Gasteiger partial charge in [0.2, 0.25) is 0 Å². The molecule has 0 saturated heterocycles. The zero-order chi connectivity index (χ0) is 16.9. The van der Waals surface area contributed by atoms with Crippen LogP contribution in [0.1, 0.15) is 11.3 Å². The van der Waals surface area contributed by atoms with Crippen LogP contribution in [0, 0.1) is 0 Å². The standard InChI is InChI=1S/C19H21N3O2/c1-23-18-9-8-15(10-19(18)24-2)17-11-16(12-20)21-22(17)13-14-6-4-3-5-7-14/h3-11H,12-13,20H2,1-2H3. The van der Waals surface area contributed by atoms with Crippen molar-refractivity contribution in [3.8, 4) is 22.8 Å². The second kappa shape index (κ2) is 7.19. The van der Waals surface area contributed by atoms with Gasteiger partial charge in [0.25, 0.3) is 0 Å². The normalized spacial score (nSPS) is 10.6. The maximum atomic E-state index is 5.78. The second-order valence-electron chi connectivity index (χ2n) is 5.44. The summed E-state index contributed by atoms with van der Waals surface area (Å²) in [7, 11) is 3.26. The molecule has 0 bridgehead atoms. The Kier molecular flexibility index (Phi) is 4.82. The Bertz CT molecular complexity index is 813. The summed E-state index contributed by atoms with van der Waals surface area (Å²) in [4.78, 5) is 0. The highest BCUT2D eigenvalue weighted by atomic mass is 16.5. The van der Waals surface area contributed by atoms with Crippen molar-refractivity contribution >= 4 is 0 Å². The molecule has 0 spiro atoms. The van der Waals surface area contributed by atoms with E-state index >= 15 is 0 Å². The maximum Gasteiger partial charge on any atom is 0.161 e. The van der Waals surface area contributed by atoms with Crippen LogP contribution in [0.3, 0.4) is 0 Å². The highest BCUT2D eigenvalue weighted by molar-refractivity contribution is 5.65. The van der Waals surface area contributed by atoms with E-state index in [1.54, 1.807) is 14.2 Å². The lowest BCUT2D eigenvalue weighted by Gasteiger charge is -2.11. The van der Waals surface area contributed by atoms with Crippen LogP contribution in [0.25, 0.3) is 11.3 Å². The lowest BCUT2D eigenvalue weighted by atomic mass is 10.1. The van der Waals surface area contributed by atoms with Crippen molar-refractivity contribution in [2.45, 2.75) is 13.1 Å². The van der Waals surface area contributed by atoms with Gasteiger partial charge in [-0.1, -0.05) is 30.3 Å². The monoisotopic (exact) mass is 323 g/mol. The number of rotatable bonds is 6. The van der Waals surface area contributed by atoms with Crippen LogP contribution in [0.5, 0.6) is 11.5 Å². The summed E-state index contributed by atoms with van der Waals surface area (Å²) in [5.41, 5.74) is 9.84. The van der Waals surface area contributed by atoms with E-state index in [2.05, 4.69) is 17.2 Å². The molecular weight excluding hydrogens is 302 g/mol. The Morgan fingerprint density at radius 1 is 0.958 bits per heavy atom. The third-order valence-electron chi connectivity index (χ3n) is 3.89. The fraction of sp³-hybridized carbons (Fsp3) is 0.211. The molecular formula is C19H21N3O2. The van der Waals surface area contributed by atoms with Gasteiger partial charge in [-0.05, 0) is 29.8 Å². The van der Waals surface area contributed by atoms with Gasteiger partial charge in [0.15, 0.2) is 11.5 Å². The van der Waals surface area contributed by atoms with E-state index in [0.717, 1.165) is 17.0 Å². The summed E-state index contributed by atoms with van der Waals surface area (Å²) in [6, 6.07) is 18.1. The van der Waals surface area contributed by atoms with Crippen LogP contribution in [0.15, 0.2) is 54.6 Å². The highest BCUT2D eigenvalue weighted by Gasteiger charge is 2.13. The molecule has 0 aliphatic carbocycles. The van der Waals surface area contributed by atoms with E-state index in [0.29, 0.717) is 24.6 Å². The summed E-state index contributed by atoms with van der Waals surface area (Å²) >= 11 is 0. The number of nitrogens with two attached hydrogens (primary N) is 1. The highest BCUT2D eigenvalue weighted by Crippen LogP contribution is 2.32. The molecule has 1 aromatic heterocycles. The van der Waals surface area contributed by atoms with E-state index in [9.17, 15) is 0 Å². The third kappa shape index (κ3) is 3.26. The molecule has 24 heavy (non-hydrogen) atoms. The predicted octanol–water partition coefficient (Wildman–Crippen LogP) is 3.07. The molecule has 3 rings (SSSR count). The topological polar surface area (TPSA) is 62.3 Å². The van der Waals surface area contributed by atoms with Crippen molar-refractivity contribution in [2.75, 3.05) is 14.2 Å². The van der Waals surface area contributed by atoms with Gasteiger partial charge in [0.1, 0.15) is 0 Å². The average Bonchev–Trinajstić information content (AvgIpc) is 3.05. The van der Waals surface area contributed by atoms with Crippen LogP contribution in [-0.2, 0) is 13.1 Å². The molecule has 2 aromatic carbocycles. The quantitative estimate of drug-likeness (QED) is 0.757. The second-order valence-corrected chi connectivity index (χ2v) is 5.44. The van der Waals surface area contributed by atoms with E-state index in [4.69, 9.17) is 15.2 Å². The third-order valence-corrected chi connectivity index (χ3v) is 3.89. The number of hydrogen-bond donors (Lipinski definition) is 1. The summed E-state index contributed by atoms with van der Waals surface area (Å²) in [5.74, 6) is 1.39. The Labute approximate surface area is 141 Å². The average molecular weight is 323 g/mol. The first kappa shape index (κ1) is 16.1. The van der Waals surface area contributed by atoms with Crippen LogP contribution in [0.4, 0.5) is 0 Å². The van der Waals surface area contributed by atoms with E-state index in [1.165, 1.54) is 5.56 Å². The van der Waals surface area contributed by atoms with Crippen LogP contribution in [0.2, 0.25) is 0 Å². The zero-order valence-electron chi connectivity index (χ0n) is 13.9. The van der Waals surface area contributed by atoms with Gasteiger partial charge in [-0.3, -0.25) is 4.68 Å². The summed E-state index contributed by atoms with van der Waals surface area (Å²) in [6.45, 7) is 1.09. The van der Waals surface area contributed by atoms with Crippen LogP contribution >= 0.6 is 0 Å². The molecule has 0 aliphatic heterocycles. The number of benzene rings is 2. The van der Waals surface area contributed by atoms with Gasteiger partial charge >= 0.3 is 0 Å². The first-order chi connectivity index (χ1) is 11.7. The molecule has 5 nitrogen and oxygen atoms in total. The number of hydrogen-bond acceptors (Lipinski definition) is 4. The van der Waals surface area contributed by atoms with Gasteiger partial charge in [-0.15, -0.1) is 0 Å². The predicted molar refractivity (Wildman–Crippen MR) is 94.2 cm³/mol. The van der Waals surface area contributed by atoms with Crippen molar-refractivity contribution in [3.63, 3.8) is 0 Å². The molecule has 0 saturated carbocycles. The fourth-order valence-corrected chi connectivity index (χ4v) is 2.67. The van der Waals surface area contributed by atoms with Crippen molar-refractivity contribution in [3.05, 3.63) is 65.9 Å². The van der Waals surface area contributed by atoms with E-state index in [-0.39, 0.29) is 0 Å². The number of ether oxygens (including phenoxy) is 2. The minimum atomic E-state index is 0.405. The molecule has 124 valence electrons. The van der Waals surface area contributed by atoms with Gasteiger partial charge in [-0.25, -0.2) is 0 Å². The molecule has 3 aromatic rings. The molecule has 0 radical (unpaired) electrons. The van der Waals surface area contributed by atoms with E-state index in [1.807, 2.05) is 47.1 Å². The fourth-order valence-electron chi connectivity index (χ4n) is 2.67. The summed E-state index contributed by atoms with van der Waals surface area (Å²) in [5, 5.41) is 4.62. The minimum absolute atomic E-state index is 0.405. The van der Waals surface area contributed by atoms with E-state index < -0.39 is 0 Å². The number of aromatic nitrogens is 2. The smallest absolute Gasteiger partial charge is 0.161 e. The van der Waals surface area contributed by atoms with Gasteiger partial charge < -0.3 is 15.2 Å². The van der Waals surface area contributed by atoms with Gasteiger partial charge in [0.05, 0.1) is 32.2 Å². The van der Waals surface area contributed by atoms with Crippen molar-refractivity contribution in [2.24, 2.45) is 5.73 Å². The molecule has 1 heterocycles. The summed E-state index contributed by atoms with van der Waals surface area (Å²) < 4.78 is 12.7. The molecule has 0 amide bonds. The molecule has 5 heteroatoms. The Hall–Kier alpha value is -2.79. The first-order valence-corrected chi connectivity index (χ1v) is 7.78. The number of methoxy groups -OCH3 is 2. The minimum Gasteiger partial charge on any atom is -0.493 e. The SMILES string of the molecule is COc1ccc(-c2cc(CN)nn2Cc2ccccc2)cc1OC. The Morgan fingerprint density at radius 2 is 1.71 bits per heavy atom. The number of nitrogens with zero attached hydrogens (tertiary/aromatic N) is 2. The maximum absolute atomic E-state index is 5.78. The van der Waals surface area contributed by atoms with Gasteiger partial charge in [-0.2, -0.15) is 5.10 Å². The van der Waals surface area contributed by atoms with Crippen molar-refractivity contribution < 1.29 is 9.47 Å². The first-order valence-electron chi connectivity index (χ1n) is 7.78. The zero-order valence-corrected chi connectivity index (χ0v) is 13.9. The van der Waals surface area contributed by atoms with Crippen molar-refractivity contribution in [1.29, 1.82) is 0 Å². The summed E-state index contributed by atoms with van der Waals surface area (Å²) in [6.07, 6.45) is 0. The van der Waals surface area contributed by atoms with Crippen LogP contribution < -0.4 is 15.2 Å². The molecule has 0 unspecified atom stereocenters. The lowest BCUT2D eigenvalue weighted by Crippen LogP contribution is -2.05. The molecule has 0 atom stereocenters. The molecule has 0 aliphatic rings. The Morgan fingerprint density at radius 3 is 2.38 bits per heavy atom.